The van der Waals surface area contributed by atoms with Gasteiger partial charge in [0.05, 0.1) is 27.4 Å². The Labute approximate surface area is 208 Å². The summed E-state index contributed by atoms with van der Waals surface area (Å²) in [7, 11) is 4.73. The zero-order valence-corrected chi connectivity index (χ0v) is 20.8. The summed E-state index contributed by atoms with van der Waals surface area (Å²) in [6, 6.07) is 12.1. The van der Waals surface area contributed by atoms with Crippen LogP contribution in [0.3, 0.4) is 0 Å². The van der Waals surface area contributed by atoms with Crippen LogP contribution in [0.4, 0.5) is 4.39 Å². The highest BCUT2D eigenvalue weighted by molar-refractivity contribution is 8.08. The summed E-state index contributed by atoms with van der Waals surface area (Å²) in [5.74, 6) is 1.93. The SMILES string of the molecule is COc1cc(-c2nnc(S/C(=C/C#N)c3ccc(F)cc3)n2C2CCCCC2)cc(OC)c1OC. The molecule has 9 heteroatoms. The van der Waals surface area contributed by atoms with Gasteiger partial charge in [0.1, 0.15) is 5.82 Å². The summed E-state index contributed by atoms with van der Waals surface area (Å²) in [5, 5.41) is 19.2. The largest absolute Gasteiger partial charge is 0.493 e. The number of nitriles is 1. The van der Waals surface area contributed by atoms with E-state index in [9.17, 15) is 9.65 Å². The summed E-state index contributed by atoms with van der Waals surface area (Å²) in [6.07, 6.45) is 6.93. The first-order chi connectivity index (χ1) is 17.1. The molecule has 35 heavy (non-hydrogen) atoms. The molecule has 0 unspecified atom stereocenters. The van der Waals surface area contributed by atoms with Gasteiger partial charge in [0.25, 0.3) is 0 Å². The van der Waals surface area contributed by atoms with E-state index in [0.29, 0.717) is 33.1 Å². The lowest BCUT2D eigenvalue weighted by atomic mass is 9.95. The highest BCUT2D eigenvalue weighted by Crippen LogP contribution is 2.44. The molecular weight excluding hydrogens is 467 g/mol. The van der Waals surface area contributed by atoms with E-state index in [-0.39, 0.29) is 11.9 Å². The molecule has 0 spiro atoms. The van der Waals surface area contributed by atoms with Gasteiger partial charge in [-0.15, -0.1) is 10.2 Å². The van der Waals surface area contributed by atoms with Crippen molar-refractivity contribution in [2.75, 3.05) is 21.3 Å². The van der Waals surface area contributed by atoms with Crippen LogP contribution in [0.5, 0.6) is 17.2 Å². The van der Waals surface area contributed by atoms with E-state index in [1.54, 1.807) is 33.5 Å². The first kappa shape index (κ1) is 24.6. The van der Waals surface area contributed by atoms with Crippen LogP contribution in [0.2, 0.25) is 0 Å². The van der Waals surface area contributed by atoms with Crippen molar-refractivity contribution < 1.29 is 18.6 Å². The number of thioether (sulfide) groups is 1. The van der Waals surface area contributed by atoms with E-state index in [4.69, 9.17) is 14.2 Å². The lowest BCUT2D eigenvalue weighted by Crippen LogP contribution is -2.15. The van der Waals surface area contributed by atoms with Gasteiger partial charge in [0, 0.05) is 22.6 Å². The summed E-state index contributed by atoms with van der Waals surface area (Å²) in [6.45, 7) is 0. The molecule has 1 aliphatic rings. The Kier molecular flexibility index (Phi) is 7.93. The van der Waals surface area contributed by atoms with Gasteiger partial charge in [0.2, 0.25) is 5.75 Å². The maximum absolute atomic E-state index is 13.5. The third kappa shape index (κ3) is 5.28. The Bertz CT molecular complexity index is 1220. The molecule has 0 bridgehead atoms. The molecule has 182 valence electrons. The lowest BCUT2D eigenvalue weighted by Gasteiger charge is -2.26. The number of methoxy groups -OCH3 is 3. The molecule has 0 aliphatic heterocycles. The molecule has 1 heterocycles. The van der Waals surface area contributed by atoms with E-state index >= 15 is 0 Å². The van der Waals surface area contributed by atoms with Crippen LogP contribution in [-0.2, 0) is 0 Å². The highest BCUT2D eigenvalue weighted by atomic mass is 32.2. The van der Waals surface area contributed by atoms with Crippen molar-refractivity contribution in [1.29, 1.82) is 5.26 Å². The third-order valence-electron chi connectivity index (χ3n) is 6.05. The molecule has 0 N–H and O–H groups in total. The van der Waals surface area contributed by atoms with Crippen LogP contribution < -0.4 is 14.2 Å². The van der Waals surface area contributed by atoms with Crippen LogP contribution in [0.15, 0.2) is 47.6 Å². The van der Waals surface area contributed by atoms with E-state index in [1.807, 2.05) is 12.1 Å². The summed E-state index contributed by atoms with van der Waals surface area (Å²) >= 11 is 1.35. The third-order valence-corrected chi connectivity index (χ3v) is 7.09. The molecule has 0 atom stereocenters. The first-order valence-corrected chi connectivity index (χ1v) is 12.2. The number of aromatic nitrogens is 3. The van der Waals surface area contributed by atoms with Crippen molar-refractivity contribution in [2.45, 2.75) is 43.3 Å². The fourth-order valence-electron chi connectivity index (χ4n) is 4.36. The van der Waals surface area contributed by atoms with E-state index in [1.165, 1.54) is 36.4 Å². The van der Waals surface area contributed by atoms with Gasteiger partial charge >= 0.3 is 0 Å². The molecule has 4 rings (SSSR count). The maximum Gasteiger partial charge on any atom is 0.203 e. The quantitative estimate of drug-likeness (QED) is 0.269. The standard InChI is InChI=1S/C26H27FN4O3S/c1-32-21-15-18(16-22(33-2)24(21)34-3)25-29-30-26(31(25)20-7-5-4-6-8-20)35-23(13-14-28)17-9-11-19(27)12-10-17/h9-13,15-16,20H,4-8H2,1-3H3/b23-13+. The number of benzene rings is 2. The van der Waals surface area contributed by atoms with Crippen molar-refractivity contribution in [3.8, 4) is 34.7 Å². The number of rotatable bonds is 8. The highest BCUT2D eigenvalue weighted by Gasteiger charge is 2.26. The number of nitrogens with zero attached hydrogens (tertiary/aromatic N) is 4. The first-order valence-electron chi connectivity index (χ1n) is 11.4. The van der Waals surface area contributed by atoms with E-state index < -0.39 is 0 Å². The molecule has 2 aromatic carbocycles. The Morgan fingerprint density at radius 1 is 1.03 bits per heavy atom. The topological polar surface area (TPSA) is 82.2 Å². The zero-order chi connectivity index (χ0) is 24.8. The Balaban J connectivity index is 1.82. The van der Waals surface area contributed by atoms with Crippen molar-refractivity contribution >= 4 is 16.7 Å². The van der Waals surface area contributed by atoms with Gasteiger partial charge in [0.15, 0.2) is 22.5 Å². The van der Waals surface area contributed by atoms with Crippen LogP contribution in [0.25, 0.3) is 16.3 Å². The molecule has 1 aromatic heterocycles. The summed E-state index contributed by atoms with van der Waals surface area (Å²) in [5.41, 5.74) is 1.53. The predicted molar refractivity (Wildman–Crippen MR) is 133 cm³/mol. The van der Waals surface area contributed by atoms with Gasteiger partial charge in [-0.2, -0.15) is 5.26 Å². The normalized spacial score (nSPS) is 14.4. The fourth-order valence-corrected chi connectivity index (χ4v) is 5.34. The Hall–Kier alpha value is -3.51. The average molecular weight is 495 g/mol. The smallest absolute Gasteiger partial charge is 0.203 e. The summed E-state index contributed by atoms with van der Waals surface area (Å²) < 4.78 is 32.2. The molecule has 1 fully saturated rings. The molecule has 1 aliphatic carbocycles. The number of hydrogen-bond acceptors (Lipinski definition) is 7. The maximum atomic E-state index is 13.5. The number of ether oxygens (including phenoxy) is 3. The molecule has 0 amide bonds. The van der Waals surface area contributed by atoms with Crippen molar-refractivity contribution in [3.63, 3.8) is 0 Å². The van der Waals surface area contributed by atoms with Crippen LogP contribution >= 0.6 is 11.8 Å². The minimum Gasteiger partial charge on any atom is -0.493 e. The van der Waals surface area contributed by atoms with Gasteiger partial charge in [-0.3, -0.25) is 4.57 Å². The minimum absolute atomic E-state index is 0.215. The number of hydrogen-bond donors (Lipinski definition) is 0. The Morgan fingerprint density at radius 2 is 1.69 bits per heavy atom. The second-order valence-corrected chi connectivity index (χ2v) is 9.14. The van der Waals surface area contributed by atoms with Gasteiger partial charge in [-0.1, -0.05) is 31.4 Å². The Morgan fingerprint density at radius 3 is 2.26 bits per heavy atom. The van der Waals surface area contributed by atoms with Gasteiger partial charge in [-0.25, -0.2) is 4.39 Å². The second kappa shape index (κ2) is 11.3. The molecule has 3 aromatic rings. The summed E-state index contributed by atoms with van der Waals surface area (Å²) in [4.78, 5) is 0.674. The van der Waals surface area contributed by atoms with Crippen molar-refractivity contribution in [3.05, 3.63) is 53.9 Å². The lowest BCUT2D eigenvalue weighted by molar-refractivity contribution is 0.324. The van der Waals surface area contributed by atoms with E-state index in [2.05, 4.69) is 20.8 Å². The molecular formula is C26H27FN4O3S. The minimum atomic E-state index is -0.329. The van der Waals surface area contributed by atoms with Gasteiger partial charge < -0.3 is 14.2 Å². The average Bonchev–Trinajstić information content (AvgIpc) is 3.32. The number of halogens is 1. The molecule has 1 saturated carbocycles. The second-order valence-electron chi connectivity index (χ2n) is 8.13. The van der Waals surface area contributed by atoms with Gasteiger partial charge in [-0.05, 0) is 54.4 Å². The fraction of sp³-hybridized carbons (Fsp3) is 0.346. The van der Waals surface area contributed by atoms with Crippen LogP contribution in [0.1, 0.15) is 43.7 Å². The number of allylic oxidation sites excluding steroid dienone is 1. The van der Waals surface area contributed by atoms with Crippen LogP contribution in [0, 0.1) is 17.1 Å². The van der Waals surface area contributed by atoms with E-state index in [0.717, 1.165) is 36.8 Å². The van der Waals surface area contributed by atoms with Crippen LogP contribution in [-0.4, -0.2) is 36.1 Å². The molecule has 0 saturated heterocycles. The molecule has 7 nitrogen and oxygen atoms in total. The zero-order valence-electron chi connectivity index (χ0n) is 20.0. The van der Waals surface area contributed by atoms with Crippen molar-refractivity contribution in [1.82, 2.24) is 14.8 Å². The van der Waals surface area contributed by atoms with Crippen molar-refractivity contribution in [2.24, 2.45) is 0 Å². The predicted octanol–water partition coefficient (Wildman–Crippen LogP) is 6.27. The molecule has 0 radical (unpaired) electrons. The monoisotopic (exact) mass is 494 g/mol.